The maximum Gasteiger partial charge on any atom is 0.253 e. The molecule has 4 heterocycles. The lowest BCUT2D eigenvalue weighted by atomic mass is 10.0. The molecular formula is C34H43N7O2S. The molecule has 232 valence electrons. The van der Waals surface area contributed by atoms with Crippen LogP contribution in [0.25, 0.3) is 11.0 Å². The van der Waals surface area contributed by atoms with Gasteiger partial charge in [-0.2, -0.15) is 0 Å². The van der Waals surface area contributed by atoms with Crippen molar-refractivity contribution in [1.29, 1.82) is 0 Å². The average Bonchev–Trinajstić information content (AvgIpc) is 3.42. The molecule has 0 saturated carbocycles. The predicted octanol–water partition coefficient (Wildman–Crippen LogP) is 5.28. The second kappa shape index (κ2) is 13.6. The summed E-state index contributed by atoms with van der Waals surface area (Å²) >= 11 is 1.70. The number of benzene rings is 2. The van der Waals surface area contributed by atoms with Crippen molar-refractivity contribution in [3.63, 3.8) is 0 Å². The Morgan fingerprint density at radius 3 is 2.52 bits per heavy atom. The van der Waals surface area contributed by atoms with E-state index in [0.717, 1.165) is 85.1 Å². The van der Waals surface area contributed by atoms with Gasteiger partial charge < -0.3 is 24.4 Å². The van der Waals surface area contributed by atoms with Crippen molar-refractivity contribution in [1.82, 2.24) is 29.2 Å². The van der Waals surface area contributed by atoms with Crippen LogP contribution in [0.1, 0.15) is 41.5 Å². The quantitative estimate of drug-likeness (QED) is 0.256. The van der Waals surface area contributed by atoms with Crippen LogP contribution in [-0.2, 0) is 13.5 Å². The van der Waals surface area contributed by atoms with Gasteiger partial charge in [-0.25, -0.2) is 9.97 Å². The predicted molar refractivity (Wildman–Crippen MR) is 178 cm³/mol. The molecule has 0 spiro atoms. The highest BCUT2D eigenvalue weighted by Crippen LogP contribution is 2.32. The fraction of sp³-hybridized carbons (Fsp3) is 0.441. The molecule has 2 aliphatic rings. The number of piperazine rings is 1. The molecule has 2 aromatic heterocycles. The van der Waals surface area contributed by atoms with Crippen LogP contribution < -0.4 is 10.1 Å². The summed E-state index contributed by atoms with van der Waals surface area (Å²) in [4.78, 5) is 31.6. The van der Waals surface area contributed by atoms with Crippen LogP contribution in [0.5, 0.6) is 5.75 Å². The zero-order valence-corrected chi connectivity index (χ0v) is 27.1. The number of nitrogens with one attached hydrogen (secondary N) is 1. The molecule has 0 atom stereocenters. The van der Waals surface area contributed by atoms with Gasteiger partial charge in [-0.1, -0.05) is 18.2 Å². The summed E-state index contributed by atoms with van der Waals surface area (Å²) in [6, 6.07) is 16.7. The Morgan fingerprint density at radius 1 is 1.00 bits per heavy atom. The number of carbonyl (C=O) groups is 1. The number of likely N-dealkylation sites (N-methyl/N-ethyl adjacent to an activating group) is 1. The number of amides is 1. The number of nitrogens with zero attached hydrogens (tertiary/aromatic N) is 6. The summed E-state index contributed by atoms with van der Waals surface area (Å²) < 4.78 is 8.13. The van der Waals surface area contributed by atoms with Crippen LogP contribution in [0.4, 0.5) is 11.5 Å². The molecule has 1 amide bonds. The summed E-state index contributed by atoms with van der Waals surface area (Å²) in [6.07, 6.45) is 6.63. The Kier molecular flexibility index (Phi) is 9.39. The Labute approximate surface area is 264 Å². The lowest BCUT2D eigenvalue weighted by molar-refractivity contribution is 0.0518. The molecule has 10 heteroatoms. The maximum atomic E-state index is 13.6. The number of likely N-dealkylation sites (tertiary alicyclic amines) is 1. The van der Waals surface area contributed by atoms with Crippen molar-refractivity contribution < 1.29 is 9.53 Å². The van der Waals surface area contributed by atoms with Crippen molar-refractivity contribution in [2.75, 3.05) is 64.5 Å². The van der Waals surface area contributed by atoms with Crippen molar-refractivity contribution in [2.45, 2.75) is 37.1 Å². The van der Waals surface area contributed by atoms with Gasteiger partial charge in [0.1, 0.15) is 17.1 Å². The molecule has 9 nitrogen and oxygen atoms in total. The number of carbonyl (C=O) groups excluding carboxylic acids is 1. The van der Waals surface area contributed by atoms with E-state index in [1.54, 1.807) is 11.8 Å². The number of rotatable bonds is 9. The van der Waals surface area contributed by atoms with E-state index >= 15 is 0 Å². The van der Waals surface area contributed by atoms with Crippen molar-refractivity contribution in [3.05, 3.63) is 71.7 Å². The minimum atomic E-state index is 0.0789. The normalized spacial score (nSPS) is 16.9. The number of piperidine rings is 1. The summed E-state index contributed by atoms with van der Waals surface area (Å²) in [5.41, 5.74) is 4.48. The SMILES string of the molecule is CCOc1cc(C(=O)N2CCC(N3CCN(C)CC3)CC2)ccc1Cc1nc(Nc2ccccc2SC)c2c(ccn2C)n1. The molecule has 0 radical (unpaired) electrons. The van der Waals surface area contributed by atoms with E-state index in [-0.39, 0.29) is 5.91 Å². The van der Waals surface area contributed by atoms with Gasteiger partial charge >= 0.3 is 0 Å². The maximum absolute atomic E-state index is 13.6. The second-order valence-corrected chi connectivity index (χ2v) is 12.6. The number of anilines is 2. The first-order chi connectivity index (χ1) is 21.4. The summed E-state index contributed by atoms with van der Waals surface area (Å²) in [5, 5.41) is 3.57. The van der Waals surface area contributed by atoms with Crippen LogP contribution in [0, 0.1) is 0 Å². The van der Waals surface area contributed by atoms with Crippen LogP contribution in [0.15, 0.2) is 59.6 Å². The van der Waals surface area contributed by atoms with E-state index in [0.29, 0.717) is 36.2 Å². The van der Waals surface area contributed by atoms with Crippen LogP contribution in [-0.4, -0.2) is 100 Å². The smallest absolute Gasteiger partial charge is 0.253 e. The van der Waals surface area contributed by atoms with Crippen LogP contribution in [0.3, 0.4) is 0 Å². The van der Waals surface area contributed by atoms with Gasteiger partial charge in [-0.05, 0) is 63.4 Å². The average molecular weight is 614 g/mol. The topological polar surface area (TPSA) is 78.8 Å². The number of thioether (sulfide) groups is 1. The van der Waals surface area contributed by atoms with Crippen LogP contribution in [0.2, 0.25) is 0 Å². The number of hydrogen-bond acceptors (Lipinski definition) is 8. The first-order valence-electron chi connectivity index (χ1n) is 15.6. The highest BCUT2D eigenvalue weighted by Gasteiger charge is 2.29. The van der Waals surface area contributed by atoms with E-state index in [2.05, 4.69) is 40.6 Å². The van der Waals surface area contributed by atoms with E-state index in [4.69, 9.17) is 14.7 Å². The number of aryl methyl sites for hydroxylation is 1. The third kappa shape index (κ3) is 6.57. The summed E-state index contributed by atoms with van der Waals surface area (Å²) in [7, 11) is 4.20. The van der Waals surface area contributed by atoms with Crippen molar-refractivity contribution in [3.8, 4) is 5.75 Å². The second-order valence-electron chi connectivity index (χ2n) is 11.8. The van der Waals surface area contributed by atoms with E-state index in [1.165, 1.54) is 0 Å². The minimum absolute atomic E-state index is 0.0789. The summed E-state index contributed by atoms with van der Waals surface area (Å²) in [6.45, 7) is 8.57. The number of ether oxygens (including phenoxy) is 1. The molecule has 2 aliphatic heterocycles. The lowest BCUT2D eigenvalue weighted by Crippen LogP contribution is -2.52. The minimum Gasteiger partial charge on any atom is -0.494 e. The number of aromatic nitrogens is 3. The van der Waals surface area contributed by atoms with E-state index in [9.17, 15) is 4.79 Å². The standard InChI is InChI=1S/C34H43N7O2S/c1-5-43-29-22-25(34(42)41-16-12-26(13-17-41)40-20-18-38(2)19-21-40)11-10-24(29)23-31-35-28-14-15-39(3)32(28)33(37-31)36-27-8-6-7-9-30(27)44-4/h6-11,14-15,22,26H,5,12-13,16-21,23H2,1-4H3,(H,35,36,37). The third-order valence-electron chi connectivity index (χ3n) is 8.89. The monoisotopic (exact) mass is 613 g/mol. The molecule has 2 aromatic carbocycles. The Morgan fingerprint density at radius 2 is 1.77 bits per heavy atom. The zero-order chi connectivity index (χ0) is 30.6. The van der Waals surface area contributed by atoms with E-state index < -0.39 is 0 Å². The van der Waals surface area contributed by atoms with E-state index in [1.807, 2.05) is 66.0 Å². The molecule has 44 heavy (non-hydrogen) atoms. The van der Waals surface area contributed by atoms with Gasteiger partial charge in [0, 0.05) is 81.0 Å². The van der Waals surface area contributed by atoms with Gasteiger partial charge in [0.2, 0.25) is 0 Å². The first kappa shape index (κ1) is 30.4. The molecule has 0 aliphatic carbocycles. The lowest BCUT2D eigenvalue weighted by Gasteiger charge is -2.42. The molecule has 6 rings (SSSR count). The van der Waals surface area contributed by atoms with Gasteiger partial charge in [-0.3, -0.25) is 9.69 Å². The largest absolute Gasteiger partial charge is 0.494 e. The van der Waals surface area contributed by atoms with Crippen molar-refractivity contribution in [2.24, 2.45) is 7.05 Å². The fourth-order valence-corrected chi connectivity index (χ4v) is 6.93. The molecular weight excluding hydrogens is 570 g/mol. The Bertz CT molecular complexity index is 1610. The molecule has 0 unspecified atom stereocenters. The molecule has 2 saturated heterocycles. The number of fused-ring (bicyclic) bond motifs is 1. The fourth-order valence-electron chi connectivity index (χ4n) is 6.38. The Hall–Kier alpha value is -3.60. The number of hydrogen-bond donors (Lipinski definition) is 1. The summed E-state index contributed by atoms with van der Waals surface area (Å²) in [5.74, 6) is 2.25. The van der Waals surface area contributed by atoms with Crippen molar-refractivity contribution >= 4 is 40.2 Å². The molecule has 0 bridgehead atoms. The highest BCUT2D eigenvalue weighted by molar-refractivity contribution is 7.98. The van der Waals surface area contributed by atoms with Crippen LogP contribution >= 0.6 is 11.8 Å². The first-order valence-corrected chi connectivity index (χ1v) is 16.9. The molecule has 4 aromatic rings. The van der Waals surface area contributed by atoms with Gasteiger partial charge in [-0.15, -0.1) is 11.8 Å². The van der Waals surface area contributed by atoms with Gasteiger partial charge in [0.15, 0.2) is 5.82 Å². The van der Waals surface area contributed by atoms with Gasteiger partial charge in [0.05, 0.1) is 17.8 Å². The third-order valence-corrected chi connectivity index (χ3v) is 9.69. The Balaban J connectivity index is 1.20. The zero-order valence-electron chi connectivity index (χ0n) is 26.3. The molecule has 2 fully saturated rings. The highest BCUT2D eigenvalue weighted by atomic mass is 32.2. The van der Waals surface area contributed by atoms with Gasteiger partial charge in [0.25, 0.3) is 5.91 Å². The number of para-hydroxylation sites is 1. The molecule has 1 N–H and O–H groups in total.